The maximum atomic E-state index is 12.1. The van der Waals surface area contributed by atoms with Crippen molar-refractivity contribution in [3.05, 3.63) is 23.9 Å². The molecular formula is C16H25N3O2. The van der Waals surface area contributed by atoms with Crippen molar-refractivity contribution in [3.8, 4) is 5.88 Å². The monoisotopic (exact) mass is 291 g/mol. The molecule has 1 aromatic heterocycles. The van der Waals surface area contributed by atoms with Crippen LogP contribution in [0, 0.1) is 0 Å². The first kappa shape index (κ1) is 15.8. The highest BCUT2D eigenvalue weighted by Gasteiger charge is 2.17. The maximum absolute atomic E-state index is 12.1. The molecule has 2 rings (SSSR count). The molecule has 1 atom stereocenters. The standard InChI is InChI=1S/C16H25N3O2/c1-13-7-3-4-11-19(13)12-6-10-17-15(20)14-8-5-9-18-16(14)21-2/h5,8-9,13H,3-4,6-7,10-12H2,1-2H3,(H,17,20). The Morgan fingerprint density at radius 2 is 2.38 bits per heavy atom. The number of hydrogen-bond acceptors (Lipinski definition) is 4. The Bertz CT molecular complexity index is 465. The summed E-state index contributed by atoms with van der Waals surface area (Å²) < 4.78 is 5.10. The number of nitrogens with zero attached hydrogens (tertiary/aromatic N) is 2. The molecule has 1 fully saturated rings. The highest BCUT2D eigenvalue weighted by atomic mass is 16.5. The van der Waals surface area contributed by atoms with E-state index in [1.807, 2.05) is 0 Å². The van der Waals surface area contributed by atoms with Gasteiger partial charge in [-0.15, -0.1) is 0 Å². The number of piperidine rings is 1. The van der Waals surface area contributed by atoms with Gasteiger partial charge in [0.25, 0.3) is 5.91 Å². The number of ether oxygens (including phenoxy) is 1. The lowest BCUT2D eigenvalue weighted by molar-refractivity contribution is 0.0945. The van der Waals surface area contributed by atoms with E-state index < -0.39 is 0 Å². The van der Waals surface area contributed by atoms with Crippen LogP contribution in [0.15, 0.2) is 18.3 Å². The average molecular weight is 291 g/mol. The first-order valence-electron chi connectivity index (χ1n) is 7.73. The molecule has 1 unspecified atom stereocenters. The zero-order valence-corrected chi connectivity index (χ0v) is 13.0. The van der Waals surface area contributed by atoms with Gasteiger partial charge < -0.3 is 15.0 Å². The van der Waals surface area contributed by atoms with Crippen LogP contribution in [-0.4, -0.2) is 48.6 Å². The lowest BCUT2D eigenvalue weighted by atomic mass is 10.0. The minimum Gasteiger partial charge on any atom is -0.480 e. The predicted octanol–water partition coefficient (Wildman–Crippen LogP) is 2.08. The lowest BCUT2D eigenvalue weighted by Crippen LogP contribution is -2.39. The highest BCUT2D eigenvalue weighted by Crippen LogP contribution is 2.16. The number of aromatic nitrogens is 1. The van der Waals surface area contributed by atoms with Crippen LogP contribution in [0.2, 0.25) is 0 Å². The topological polar surface area (TPSA) is 54.5 Å². The molecule has 1 aliphatic rings. The van der Waals surface area contributed by atoms with Crippen LogP contribution in [0.5, 0.6) is 5.88 Å². The number of rotatable bonds is 6. The second-order valence-corrected chi connectivity index (χ2v) is 5.55. The van der Waals surface area contributed by atoms with Gasteiger partial charge in [-0.05, 0) is 44.9 Å². The van der Waals surface area contributed by atoms with E-state index in [4.69, 9.17) is 4.74 Å². The Labute approximate surface area is 126 Å². The molecule has 1 N–H and O–H groups in total. The van der Waals surface area contributed by atoms with Gasteiger partial charge in [-0.1, -0.05) is 6.42 Å². The molecule has 0 saturated carbocycles. The van der Waals surface area contributed by atoms with Crippen molar-refractivity contribution in [2.24, 2.45) is 0 Å². The predicted molar refractivity (Wildman–Crippen MR) is 82.6 cm³/mol. The van der Waals surface area contributed by atoms with E-state index in [2.05, 4.69) is 22.1 Å². The van der Waals surface area contributed by atoms with Crippen LogP contribution >= 0.6 is 0 Å². The number of nitrogens with one attached hydrogen (secondary N) is 1. The van der Waals surface area contributed by atoms with Gasteiger partial charge in [-0.25, -0.2) is 4.98 Å². The SMILES string of the molecule is COc1ncccc1C(=O)NCCCN1CCCCC1C. The molecule has 0 spiro atoms. The first-order valence-corrected chi connectivity index (χ1v) is 7.73. The third kappa shape index (κ3) is 4.43. The summed E-state index contributed by atoms with van der Waals surface area (Å²) >= 11 is 0. The van der Waals surface area contributed by atoms with Crippen LogP contribution in [0.3, 0.4) is 0 Å². The van der Waals surface area contributed by atoms with Gasteiger partial charge >= 0.3 is 0 Å². The van der Waals surface area contributed by atoms with Gasteiger partial charge in [0.1, 0.15) is 5.56 Å². The largest absolute Gasteiger partial charge is 0.480 e. The minimum absolute atomic E-state index is 0.119. The van der Waals surface area contributed by atoms with Crippen LogP contribution < -0.4 is 10.1 Å². The van der Waals surface area contributed by atoms with Crippen LogP contribution in [-0.2, 0) is 0 Å². The molecule has 0 aromatic carbocycles. The number of methoxy groups -OCH3 is 1. The number of pyridine rings is 1. The van der Waals surface area contributed by atoms with Crippen LogP contribution in [0.4, 0.5) is 0 Å². The second-order valence-electron chi connectivity index (χ2n) is 5.55. The van der Waals surface area contributed by atoms with Gasteiger partial charge in [0.2, 0.25) is 5.88 Å². The van der Waals surface area contributed by atoms with E-state index >= 15 is 0 Å². The number of hydrogen-bond donors (Lipinski definition) is 1. The molecule has 1 aromatic rings. The molecule has 5 nitrogen and oxygen atoms in total. The van der Waals surface area contributed by atoms with Gasteiger partial charge in [0.15, 0.2) is 0 Å². The summed E-state index contributed by atoms with van der Waals surface area (Å²) in [7, 11) is 1.52. The molecule has 0 bridgehead atoms. The van der Waals surface area contributed by atoms with E-state index in [0.717, 1.165) is 13.0 Å². The fourth-order valence-electron chi connectivity index (χ4n) is 2.80. The average Bonchev–Trinajstić information content (AvgIpc) is 2.52. The summed E-state index contributed by atoms with van der Waals surface area (Å²) in [5.41, 5.74) is 0.492. The lowest BCUT2D eigenvalue weighted by Gasteiger charge is -2.33. The van der Waals surface area contributed by atoms with E-state index in [-0.39, 0.29) is 5.91 Å². The summed E-state index contributed by atoms with van der Waals surface area (Å²) in [6.07, 6.45) is 6.52. The van der Waals surface area contributed by atoms with Crippen molar-refractivity contribution >= 4 is 5.91 Å². The Balaban J connectivity index is 1.74. The van der Waals surface area contributed by atoms with Crippen molar-refractivity contribution in [1.29, 1.82) is 0 Å². The Morgan fingerprint density at radius 3 is 3.14 bits per heavy atom. The molecule has 1 aliphatic heterocycles. The second kappa shape index (κ2) is 7.98. The molecule has 5 heteroatoms. The molecular weight excluding hydrogens is 266 g/mol. The normalized spacial score (nSPS) is 19.2. The zero-order valence-electron chi connectivity index (χ0n) is 13.0. The summed E-state index contributed by atoms with van der Waals surface area (Å²) in [6.45, 7) is 5.20. The number of carbonyl (C=O) groups excluding carboxylic acids is 1. The number of carbonyl (C=O) groups is 1. The third-order valence-electron chi connectivity index (χ3n) is 4.06. The fourth-order valence-corrected chi connectivity index (χ4v) is 2.80. The molecule has 0 aliphatic carbocycles. The van der Waals surface area contributed by atoms with Crippen LogP contribution in [0.25, 0.3) is 0 Å². The zero-order chi connectivity index (χ0) is 15.1. The molecule has 1 saturated heterocycles. The van der Waals surface area contributed by atoms with Gasteiger partial charge in [0, 0.05) is 25.3 Å². The number of amides is 1. The first-order chi connectivity index (χ1) is 10.2. The van der Waals surface area contributed by atoms with Gasteiger partial charge in [0.05, 0.1) is 7.11 Å². The fraction of sp³-hybridized carbons (Fsp3) is 0.625. The quantitative estimate of drug-likeness (QED) is 0.815. The Hall–Kier alpha value is -1.62. The molecule has 2 heterocycles. The summed E-state index contributed by atoms with van der Waals surface area (Å²) in [5, 5.41) is 2.94. The van der Waals surface area contributed by atoms with Crippen molar-refractivity contribution in [2.45, 2.75) is 38.6 Å². The minimum atomic E-state index is -0.119. The highest BCUT2D eigenvalue weighted by molar-refractivity contribution is 5.96. The van der Waals surface area contributed by atoms with E-state index in [0.29, 0.717) is 24.0 Å². The van der Waals surface area contributed by atoms with Gasteiger partial charge in [-0.2, -0.15) is 0 Å². The smallest absolute Gasteiger partial charge is 0.256 e. The summed E-state index contributed by atoms with van der Waals surface area (Å²) in [5.74, 6) is 0.256. The maximum Gasteiger partial charge on any atom is 0.256 e. The molecule has 0 radical (unpaired) electrons. The van der Waals surface area contributed by atoms with Crippen molar-refractivity contribution in [3.63, 3.8) is 0 Å². The van der Waals surface area contributed by atoms with Crippen molar-refractivity contribution in [2.75, 3.05) is 26.7 Å². The molecule has 1 amide bonds. The van der Waals surface area contributed by atoms with E-state index in [1.54, 1.807) is 18.3 Å². The van der Waals surface area contributed by atoms with E-state index in [9.17, 15) is 4.79 Å². The number of likely N-dealkylation sites (tertiary alicyclic amines) is 1. The van der Waals surface area contributed by atoms with Crippen molar-refractivity contribution < 1.29 is 9.53 Å². The summed E-state index contributed by atoms with van der Waals surface area (Å²) in [6, 6.07) is 4.15. The molecule has 21 heavy (non-hydrogen) atoms. The molecule has 116 valence electrons. The van der Waals surface area contributed by atoms with Crippen LogP contribution in [0.1, 0.15) is 43.0 Å². The van der Waals surface area contributed by atoms with Gasteiger partial charge in [-0.3, -0.25) is 4.79 Å². The Kier molecular flexibility index (Phi) is 5.99. The third-order valence-corrected chi connectivity index (χ3v) is 4.06. The Morgan fingerprint density at radius 1 is 1.52 bits per heavy atom. The van der Waals surface area contributed by atoms with Crippen molar-refractivity contribution in [1.82, 2.24) is 15.2 Å². The van der Waals surface area contributed by atoms with E-state index in [1.165, 1.54) is 32.9 Å². The summed E-state index contributed by atoms with van der Waals surface area (Å²) in [4.78, 5) is 18.6.